The third-order valence-corrected chi connectivity index (χ3v) is 10.0. The summed E-state index contributed by atoms with van der Waals surface area (Å²) in [7, 11) is -4.25. The Morgan fingerprint density at radius 2 is 1.43 bits per heavy atom. The van der Waals surface area contributed by atoms with Crippen LogP contribution in [0.25, 0.3) is 0 Å². The van der Waals surface area contributed by atoms with E-state index in [1.165, 1.54) is 16.7 Å². The van der Waals surface area contributed by atoms with Gasteiger partial charge in [0.05, 0.1) is 17.2 Å². The van der Waals surface area contributed by atoms with E-state index in [1.807, 2.05) is 87.7 Å². The van der Waals surface area contributed by atoms with Crippen LogP contribution in [0.3, 0.4) is 0 Å². The molecule has 0 unspecified atom stereocenters. The summed E-state index contributed by atoms with van der Waals surface area (Å²) in [5, 5.41) is 3.01. The second kappa shape index (κ2) is 17.0. The topological polar surface area (TPSA) is 96.0 Å². The van der Waals surface area contributed by atoms with E-state index >= 15 is 0 Å². The first-order chi connectivity index (χ1) is 22.6. The Morgan fingerprint density at radius 3 is 2.02 bits per heavy atom. The lowest BCUT2D eigenvalue weighted by molar-refractivity contribution is -0.140. The van der Waals surface area contributed by atoms with Crippen LogP contribution >= 0.6 is 11.8 Å². The van der Waals surface area contributed by atoms with Crippen molar-refractivity contribution in [3.05, 3.63) is 120 Å². The molecule has 0 saturated carbocycles. The molecule has 2 amide bonds. The number of nitrogens with zero attached hydrogens (tertiary/aromatic N) is 2. The van der Waals surface area contributed by atoms with Crippen molar-refractivity contribution < 1.29 is 22.7 Å². The van der Waals surface area contributed by atoms with Crippen molar-refractivity contribution >= 4 is 39.3 Å². The summed E-state index contributed by atoms with van der Waals surface area (Å²) in [6, 6.07) is 31.3. The first-order valence-corrected chi connectivity index (χ1v) is 18.3. The van der Waals surface area contributed by atoms with E-state index in [9.17, 15) is 18.0 Å². The Kier molecular flexibility index (Phi) is 12.9. The number of sulfonamides is 1. The zero-order valence-electron chi connectivity index (χ0n) is 27.3. The Bertz CT molecular complexity index is 1700. The summed E-state index contributed by atoms with van der Waals surface area (Å²) in [4.78, 5) is 31.0. The first kappa shape index (κ1) is 35.6. The normalized spacial score (nSPS) is 11.9. The SMILES string of the molecule is CCOc1ccccc1N(CC(=O)N(Cc1ccccc1)[C@H](Cc1ccccc1)C(=O)NCC(C)C)S(=O)(=O)c1ccc(SC)cc1. The number of para-hydroxylation sites is 2. The molecule has 0 saturated heterocycles. The number of carbonyl (C=O) groups is 2. The van der Waals surface area contributed by atoms with Crippen LogP contribution in [0.2, 0.25) is 0 Å². The number of anilines is 1. The third-order valence-electron chi connectivity index (χ3n) is 7.51. The zero-order chi connectivity index (χ0) is 33.8. The van der Waals surface area contributed by atoms with E-state index in [0.29, 0.717) is 18.9 Å². The Labute approximate surface area is 283 Å². The number of rotatable bonds is 16. The molecule has 10 heteroatoms. The van der Waals surface area contributed by atoms with Gasteiger partial charge in [0.2, 0.25) is 11.8 Å². The van der Waals surface area contributed by atoms with Crippen molar-refractivity contribution in [2.45, 2.75) is 49.6 Å². The number of hydrogen-bond acceptors (Lipinski definition) is 6. The van der Waals surface area contributed by atoms with Gasteiger partial charge in [-0.15, -0.1) is 11.8 Å². The van der Waals surface area contributed by atoms with Gasteiger partial charge < -0.3 is 15.0 Å². The van der Waals surface area contributed by atoms with E-state index in [2.05, 4.69) is 5.32 Å². The molecule has 8 nitrogen and oxygen atoms in total. The summed E-state index contributed by atoms with van der Waals surface area (Å²) in [5.74, 6) is -0.297. The second-order valence-corrected chi connectivity index (χ2v) is 14.2. The van der Waals surface area contributed by atoms with Gasteiger partial charge in [-0.05, 0) is 66.6 Å². The molecule has 4 aromatic rings. The van der Waals surface area contributed by atoms with E-state index in [0.717, 1.165) is 20.3 Å². The maximum absolute atomic E-state index is 14.6. The number of thioether (sulfide) groups is 1. The molecule has 4 rings (SSSR count). The van der Waals surface area contributed by atoms with Crippen LogP contribution in [0.1, 0.15) is 31.9 Å². The van der Waals surface area contributed by atoms with Crippen LogP contribution in [-0.4, -0.2) is 57.1 Å². The standard InChI is InChI=1S/C37H43N3O5S2/c1-5-45-35-19-13-12-18-33(35)40(47(43,44)32-22-20-31(46-4)21-23-32)27-36(41)39(26-30-16-10-7-11-17-30)34(37(42)38-25-28(2)3)24-29-14-8-6-9-15-29/h6-23,28,34H,5,24-27H2,1-4H3,(H,38,42)/t34-/m1/s1. The molecular formula is C37H43N3O5S2. The predicted octanol–water partition coefficient (Wildman–Crippen LogP) is 6.41. The molecule has 1 N–H and O–H groups in total. The number of amides is 2. The van der Waals surface area contributed by atoms with E-state index < -0.39 is 28.5 Å². The van der Waals surface area contributed by atoms with Gasteiger partial charge in [-0.2, -0.15) is 0 Å². The average molecular weight is 674 g/mol. The lowest BCUT2D eigenvalue weighted by Gasteiger charge is -2.34. The molecule has 1 atom stereocenters. The highest BCUT2D eigenvalue weighted by Crippen LogP contribution is 2.33. The number of nitrogens with one attached hydrogen (secondary N) is 1. The molecular weight excluding hydrogens is 631 g/mol. The van der Waals surface area contributed by atoms with Gasteiger partial charge in [0.1, 0.15) is 18.3 Å². The van der Waals surface area contributed by atoms with Crippen LogP contribution in [0.4, 0.5) is 5.69 Å². The Morgan fingerprint density at radius 1 is 0.830 bits per heavy atom. The van der Waals surface area contributed by atoms with Crippen LogP contribution in [-0.2, 0) is 32.6 Å². The molecule has 0 aliphatic heterocycles. The molecule has 47 heavy (non-hydrogen) atoms. The molecule has 0 aliphatic carbocycles. The minimum atomic E-state index is -4.25. The fourth-order valence-corrected chi connectivity index (χ4v) is 6.92. The molecule has 0 spiro atoms. The van der Waals surface area contributed by atoms with Gasteiger partial charge in [0.25, 0.3) is 10.0 Å². The zero-order valence-corrected chi connectivity index (χ0v) is 29.0. The molecule has 0 fully saturated rings. The number of benzene rings is 4. The van der Waals surface area contributed by atoms with Gasteiger partial charge in [0.15, 0.2) is 0 Å². The molecule has 0 bridgehead atoms. The van der Waals surface area contributed by atoms with Gasteiger partial charge >= 0.3 is 0 Å². The maximum atomic E-state index is 14.6. The number of hydrogen-bond donors (Lipinski definition) is 1. The maximum Gasteiger partial charge on any atom is 0.264 e. The van der Waals surface area contributed by atoms with Gasteiger partial charge in [-0.1, -0.05) is 86.6 Å². The van der Waals surface area contributed by atoms with Crippen molar-refractivity contribution in [2.24, 2.45) is 5.92 Å². The molecule has 0 aliphatic rings. The van der Waals surface area contributed by atoms with Crippen molar-refractivity contribution in [1.29, 1.82) is 0 Å². The minimum absolute atomic E-state index is 0.0412. The predicted molar refractivity (Wildman–Crippen MR) is 189 cm³/mol. The fourth-order valence-electron chi connectivity index (χ4n) is 5.09. The van der Waals surface area contributed by atoms with Gasteiger partial charge in [-0.25, -0.2) is 8.42 Å². The summed E-state index contributed by atoms with van der Waals surface area (Å²) in [6.07, 6.45) is 2.17. The summed E-state index contributed by atoms with van der Waals surface area (Å²) >= 11 is 1.50. The third kappa shape index (κ3) is 9.62. The van der Waals surface area contributed by atoms with Crippen molar-refractivity contribution in [3.8, 4) is 5.75 Å². The van der Waals surface area contributed by atoms with Gasteiger partial charge in [-0.3, -0.25) is 13.9 Å². The smallest absolute Gasteiger partial charge is 0.264 e. The van der Waals surface area contributed by atoms with Crippen LogP contribution in [0, 0.1) is 5.92 Å². The highest BCUT2D eigenvalue weighted by atomic mass is 32.2. The number of carbonyl (C=O) groups excluding carboxylic acids is 2. The second-order valence-electron chi connectivity index (χ2n) is 11.4. The average Bonchev–Trinajstić information content (AvgIpc) is 3.09. The van der Waals surface area contributed by atoms with E-state index in [-0.39, 0.29) is 35.4 Å². The Hall–Kier alpha value is -4.28. The monoisotopic (exact) mass is 673 g/mol. The summed E-state index contributed by atoms with van der Waals surface area (Å²) < 4.78 is 35.7. The molecule has 248 valence electrons. The quantitative estimate of drug-likeness (QED) is 0.138. The largest absolute Gasteiger partial charge is 0.492 e. The van der Waals surface area contributed by atoms with Crippen molar-refractivity contribution in [2.75, 3.05) is 30.3 Å². The van der Waals surface area contributed by atoms with Crippen LogP contribution in [0.15, 0.2) is 119 Å². The van der Waals surface area contributed by atoms with Crippen LogP contribution < -0.4 is 14.4 Å². The summed E-state index contributed by atoms with van der Waals surface area (Å²) in [6.45, 7) is 6.12. The molecule has 0 radical (unpaired) electrons. The molecule has 0 heterocycles. The first-order valence-electron chi connectivity index (χ1n) is 15.7. The highest BCUT2D eigenvalue weighted by Gasteiger charge is 2.35. The van der Waals surface area contributed by atoms with E-state index in [4.69, 9.17) is 4.74 Å². The highest BCUT2D eigenvalue weighted by molar-refractivity contribution is 7.98. The van der Waals surface area contributed by atoms with Crippen LogP contribution in [0.5, 0.6) is 5.75 Å². The lowest BCUT2D eigenvalue weighted by atomic mass is 10.0. The minimum Gasteiger partial charge on any atom is -0.492 e. The molecule has 0 aromatic heterocycles. The Balaban J connectivity index is 1.82. The summed E-state index contributed by atoms with van der Waals surface area (Å²) in [5.41, 5.74) is 1.93. The van der Waals surface area contributed by atoms with Crippen molar-refractivity contribution in [1.82, 2.24) is 10.2 Å². The molecule has 4 aromatic carbocycles. The number of ether oxygens (including phenoxy) is 1. The van der Waals surface area contributed by atoms with Gasteiger partial charge in [0, 0.05) is 24.4 Å². The van der Waals surface area contributed by atoms with Crippen molar-refractivity contribution in [3.63, 3.8) is 0 Å². The van der Waals surface area contributed by atoms with E-state index in [1.54, 1.807) is 48.5 Å². The lowest BCUT2D eigenvalue weighted by Crippen LogP contribution is -2.53. The fraction of sp³-hybridized carbons (Fsp3) is 0.297.